The predicted molar refractivity (Wildman–Crippen MR) is 176 cm³/mol. The highest BCUT2D eigenvalue weighted by atomic mass is 32.2. The lowest BCUT2D eigenvalue weighted by atomic mass is 9.72. The number of anilines is 1. The molecule has 2 unspecified atom stereocenters. The number of carbonyl (C=O) groups excluding carboxylic acids is 2. The summed E-state index contributed by atoms with van der Waals surface area (Å²) >= 11 is 0. The summed E-state index contributed by atoms with van der Waals surface area (Å²) in [7, 11) is -2.15. The van der Waals surface area contributed by atoms with Crippen LogP contribution in [0.3, 0.4) is 0 Å². The molecule has 0 saturated heterocycles. The molecule has 226 valence electrons. The number of amides is 2. The van der Waals surface area contributed by atoms with E-state index in [9.17, 15) is 18.0 Å². The molecule has 0 radical (unpaired) electrons. The van der Waals surface area contributed by atoms with Crippen molar-refractivity contribution in [1.82, 2.24) is 5.32 Å². The monoisotopic (exact) mass is 600 g/mol. The molecule has 2 amide bonds. The smallest absolute Gasteiger partial charge is 0.266 e. The van der Waals surface area contributed by atoms with Crippen LogP contribution in [-0.4, -0.2) is 44.9 Å². The van der Waals surface area contributed by atoms with Gasteiger partial charge >= 0.3 is 0 Å². The van der Waals surface area contributed by atoms with Gasteiger partial charge in [0.05, 0.1) is 11.7 Å². The van der Waals surface area contributed by atoms with Gasteiger partial charge in [-0.2, -0.15) is 8.42 Å². The van der Waals surface area contributed by atoms with Crippen LogP contribution < -0.4 is 16.1 Å². The van der Waals surface area contributed by atoms with Crippen LogP contribution in [0.15, 0.2) is 78.9 Å². The van der Waals surface area contributed by atoms with Crippen molar-refractivity contribution < 1.29 is 22.6 Å². The molecule has 7 nitrogen and oxygen atoms in total. The third-order valence-corrected chi connectivity index (χ3v) is 8.98. The first-order valence-electron chi connectivity index (χ1n) is 14.8. The van der Waals surface area contributed by atoms with Crippen LogP contribution in [0.2, 0.25) is 0 Å². The van der Waals surface area contributed by atoms with Gasteiger partial charge in [-0.3, -0.25) is 14.1 Å². The largest absolute Gasteiger partial charge is 0.351 e. The topological polar surface area (TPSA) is 113 Å². The number of hydrogen-bond donors (Lipinski definition) is 3. The van der Waals surface area contributed by atoms with E-state index in [0.717, 1.165) is 35.1 Å². The molecule has 2 atom stereocenters. The molecule has 3 aromatic carbocycles. The summed E-state index contributed by atoms with van der Waals surface area (Å²) < 4.78 is 30.7. The Morgan fingerprint density at radius 1 is 0.977 bits per heavy atom. The standard InChI is InChI=1S/C34H41BN2O5S/c1-34(2,3)28-14-12-25(13-15-28)24-8-10-26(11-9-24)31(33(39)37-30-18-16-29(35)17-19-30)22-23-4-6-27(7-5-23)32(38)36-20-21-43(40,41)42/h4-12,16-19,28,31H,13-15,20-22,35H2,1-3H3,(H,36,38)(H,37,39)(H,40,41,42). The molecule has 0 aliphatic heterocycles. The molecule has 4 rings (SSSR count). The number of hydrogen-bond acceptors (Lipinski definition) is 4. The second kappa shape index (κ2) is 13.7. The van der Waals surface area contributed by atoms with Crippen molar-refractivity contribution in [2.75, 3.05) is 17.6 Å². The quantitative estimate of drug-likeness (QED) is 0.230. The lowest BCUT2D eigenvalue weighted by Crippen LogP contribution is -2.28. The summed E-state index contributed by atoms with van der Waals surface area (Å²) in [5.41, 5.74) is 6.84. The van der Waals surface area contributed by atoms with E-state index in [4.69, 9.17) is 4.55 Å². The van der Waals surface area contributed by atoms with E-state index in [1.807, 2.05) is 44.2 Å². The van der Waals surface area contributed by atoms with E-state index in [2.05, 4.69) is 49.6 Å². The fraction of sp³-hybridized carbons (Fsp3) is 0.353. The molecule has 0 fully saturated rings. The van der Waals surface area contributed by atoms with Crippen LogP contribution in [0, 0.1) is 11.3 Å². The summed E-state index contributed by atoms with van der Waals surface area (Å²) in [4.78, 5) is 26.0. The summed E-state index contributed by atoms with van der Waals surface area (Å²) in [5, 5.41) is 5.55. The average molecular weight is 601 g/mol. The molecular weight excluding hydrogens is 559 g/mol. The molecule has 3 N–H and O–H groups in total. The Labute approximate surface area is 256 Å². The Balaban J connectivity index is 1.51. The Kier molecular flexibility index (Phi) is 10.3. The molecule has 0 spiro atoms. The van der Waals surface area contributed by atoms with Gasteiger partial charge in [-0.15, -0.1) is 0 Å². The summed E-state index contributed by atoms with van der Waals surface area (Å²) in [5.74, 6) is -0.893. The minimum absolute atomic E-state index is 0.117. The number of allylic oxidation sites excluding steroid dienone is 2. The highest BCUT2D eigenvalue weighted by molar-refractivity contribution is 7.85. The SMILES string of the molecule is Bc1ccc(NC(=O)C(Cc2ccc(C(=O)NCCS(=O)(=O)O)cc2)c2ccc(C3=CCC(C(C)(C)C)CC3)cc2)cc1. The number of carbonyl (C=O) groups is 2. The zero-order valence-electron chi connectivity index (χ0n) is 25.4. The van der Waals surface area contributed by atoms with Crippen molar-refractivity contribution in [2.24, 2.45) is 11.3 Å². The number of nitrogens with one attached hydrogen (secondary N) is 2. The van der Waals surface area contributed by atoms with Crippen LogP contribution in [0.5, 0.6) is 0 Å². The Morgan fingerprint density at radius 2 is 1.63 bits per heavy atom. The van der Waals surface area contributed by atoms with Gasteiger partial charge in [-0.1, -0.05) is 80.8 Å². The third-order valence-electron chi connectivity index (χ3n) is 8.26. The molecule has 0 saturated carbocycles. The first kappa shape index (κ1) is 32.2. The van der Waals surface area contributed by atoms with Crippen molar-refractivity contribution in [3.63, 3.8) is 0 Å². The van der Waals surface area contributed by atoms with Crippen molar-refractivity contribution in [3.8, 4) is 0 Å². The molecular formula is C34H41BN2O5S. The summed E-state index contributed by atoms with van der Waals surface area (Å²) in [6.45, 7) is 6.74. The minimum Gasteiger partial charge on any atom is -0.351 e. The van der Waals surface area contributed by atoms with Crippen molar-refractivity contribution in [2.45, 2.75) is 52.4 Å². The van der Waals surface area contributed by atoms with Crippen LogP contribution in [-0.2, 0) is 21.3 Å². The zero-order valence-corrected chi connectivity index (χ0v) is 26.2. The van der Waals surface area contributed by atoms with Gasteiger partial charge in [-0.05, 0) is 83.5 Å². The van der Waals surface area contributed by atoms with Crippen LogP contribution in [0.1, 0.15) is 73.0 Å². The van der Waals surface area contributed by atoms with E-state index < -0.39 is 27.7 Å². The first-order valence-corrected chi connectivity index (χ1v) is 16.4. The fourth-order valence-corrected chi connectivity index (χ4v) is 5.82. The molecule has 0 bridgehead atoms. The summed E-state index contributed by atoms with van der Waals surface area (Å²) in [6.07, 6.45) is 6.10. The highest BCUT2D eigenvalue weighted by Crippen LogP contribution is 2.39. The maximum Gasteiger partial charge on any atom is 0.266 e. The van der Waals surface area contributed by atoms with Gasteiger partial charge in [0.1, 0.15) is 7.85 Å². The summed E-state index contributed by atoms with van der Waals surface area (Å²) in [6, 6.07) is 22.9. The van der Waals surface area contributed by atoms with Gasteiger partial charge < -0.3 is 10.6 Å². The molecule has 0 aromatic heterocycles. The molecule has 9 heteroatoms. The van der Waals surface area contributed by atoms with Gasteiger partial charge in [0.2, 0.25) is 5.91 Å². The normalized spacial score (nSPS) is 16.2. The van der Waals surface area contributed by atoms with E-state index in [1.165, 1.54) is 17.6 Å². The lowest BCUT2D eigenvalue weighted by Gasteiger charge is -2.33. The Hall–Kier alpha value is -3.69. The number of rotatable bonds is 10. The number of benzene rings is 3. The maximum atomic E-state index is 13.6. The highest BCUT2D eigenvalue weighted by Gasteiger charge is 2.27. The molecule has 43 heavy (non-hydrogen) atoms. The molecule has 0 heterocycles. The predicted octanol–water partition coefficient (Wildman–Crippen LogP) is 4.76. The van der Waals surface area contributed by atoms with Crippen molar-refractivity contribution in [1.29, 1.82) is 0 Å². The molecule has 3 aromatic rings. The second-order valence-electron chi connectivity index (χ2n) is 12.5. The van der Waals surface area contributed by atoms with Crippen molar-refractivity contribution in [3.05, 3.63) is 101 Å². The Morgan fingerprint density at radius 3 is 2.19 bits per heavy atom. The lowest BCUT2D eigenvalue weighted by molar-refractivity contribution is -0.117. The Bertz CT molecular complexity index is 1560. The fourth-order valence-electron chi connectivity index (χ4n) is 5.46. The maximum absolute atomic E-state index is 13.6. The van der Waals surface area contributed by atoms with E-state index in [1.54, 1.807) is 24.3 Å². The van der Waals surface area contributed by atoms with Gasteiger partial charge in [0.25, 0.3) is 16.0 Å². The van der Waals surface area contributed by atoms with Crippen LogP contribution >= 0.6 is 0 Å². The van der Waals surface area contributed by atoms with E-state index in [-0.39, 0.29) is 12.5 Å². The minimum atomic E-state index is -4.15. The van der Waals surface area contributed by atoms with E-state index >= 15 is 0 Å². The molecule has 1 aliphatic rings. The second-order valence-corrected chi connectivity index (χ2v) is 14.1. The average Bonchev–Trinajstić information content (AvgIpc) is 2.96. The van der Waals surface area contributed by atoms with Gasteiger partial charge in [-0.25, -0.2) is 0 Å². The van der Waals surface area contributed by atoms with Crippen LogP contribution in [0.4, 0.5) is 5.69 Å². The van der Waals surface area contributed by atoms with Crippen LogP contribution in [0.25, 0.3) is 5.57 Å². The third kappa shape index (κ3) is 9.40. The zero-order chi connectivity index (χ0) is 31.2. The van der Waals surface area contributed by atoms with Gasteiger partial charge in [0, 0.05) is 17.8 Å². The molecule has 1 aliphatic carbocycles. The van der Waals surface area contributed by atoms with Gasteiger partial charge in [0.15, 0.2) is 0 Å². The first-order chi connectivity index (χ1) is 20.3. The van der Waals surface area contributed by atoms with E-state index in [0.29, 0.717) is 23.3 Å². The van der Waals surface area contributed by atoms with Crippen molar-refractivity contribution >= 4 is 46.5 Å².